The predicted molar refractivity (Wildman–Crippen MR) is 71.4 cm³/mol. The molecule has 4 rings (SSSR count). The molecule has 3 aliphatic carbocycles. The Morgan fingerprint density at radius 2 is 2.12 bits per heavy atom. The van der Waals surface area contributed by atoms with Crippen LogP contribution < -0.4 is 5.32 Å². The summed E-state index contributed by atoms with van der Waals surface area (Å²) in [4.78, 5) is 12.1. The number of hydrogen-bond donors (Lipinski definition) is 1. The van der Waals surface area contributed by atoms with Gasteiger partial charge < -0.3 is 5.32 Å². The molecule has 2 bridgehead atoms. The number of carbonyl (C=O) groups excluding carboxylic acids is 1. The smallest absolute Gasteiger partial charge is 0.252 e. The summed E-state index contributed by atoms with van der Waals surface area (Å²) in [5.41, 5.74) is 2.07. The molecule has 0 saturated heterocycles. The van der Waals surface area contributed by atoms with Gasteiger partial charge >= 0.3 is 0 Å². The molecule has 84 valence electrons. The van der Waals surface area contributed by atoms with Gasteiger partial charge in [-0.1, -0.05) is 6.07 Å². The van der Waals surface area contributed by atoms with Gasteiger partial charge in [0.25, 0.3) is 5.91 Å². The molecular formula is C13H14INO. The van der Waals surface area contributed by atoms with Crippen molar-refractivity contribution in [3.05, 3.63) is 32.9 Å². The summed E-state index contributed by atoms with van der Waals surface area (Å²) in [6, 6.07) is 6.02. The van der Waals surface area contributed by atoms with Crippen molar-refractivity contribution in [2.75, 3.05) is 0 Å². The molecule has 0 aliphatic heterocycles. The zero-order chi connectivity index (χ0) is 11.3. The first-order valence-electron chi connectivity index (χ1n) is 5.67. The third-order valence-corrected chi connectivity index (χ3v) is 4.53. The van der Waals surface area contributed by atoms with E-state index in [2.05, 4.69) is 27.9 Å². The summed E-state index contributed by atoms with van der Waals surface area (Å²) < 4.78 is 1.12. The normalized spacial score (nSPS) is 30.2. The standard InChI is InChI=1S/C13H14INO/c1-8-2-3-10(14)4-11(8)12(16)15-13-5-9(6-13)7-13/h2-4,9H,5-7H2,1H3,(H,15,16). The minimum Gasteiger partial charge on any atom is -0.347 e. The lowest BCUT2D eigenvalue weighted by Gasteiger charge is -2.61. The molecule has 3 saturated carbocycles. The van der Waals surface area contributed by atoms with E-state index in [9.17, 15) is 4.79 Å². The van der Waals surface area contributed by atoms with Crippen LogP contribution in [0, 0.1) is 16.4 Å². The fourth-order valence-electron chi connectivity index (χ4n) is 2.78. The Balaban J connectivity index is 1.80. The lowest BCUT2D eigenvalue weighted by molar-refractivity contribution is -0.0438. The van der Waals surface area contributed by atoms with Crippen molar-refractivity contribution in [1.82, 2.24) is 5.32 Å². The van der Waals surface area contributed by atoms with Crippen molar-refractivity contribution in [3.8, 4) is 0 Å². The molecular weight excluding hydrogens is 313 g/mol. The lowest BCUT2D eigenvalue weighted by Crippen LogP contribution is -2.68. The van der Waals surface area contributed by atoms with Crippen LogP contribution in [0.25, 0.3) is 0 Å². The zero-order valence-corrected chi connectivity index (χ0v) is 11.4. The lowest BCUT2D eigenvalue weighted by atomic mass is 9.50. The molecule has 1 aromatic rings. The van der Waals surface area contributed by atoms with Crippen molar-refractivity contribution < 1.29 is 4.79 Å². The van der Waals surface area contributed by atoms with Gasteiger partial charge in [0.1, 0.15) is 0 Å². The van der Waals surface area contributed by atoms with Gasteiger partial charge in [0.2, 0.25) is 0 Å². The molecule has 0 aromatic heterocycles. The molecule has 1 aromatic carbocycles. The highest BCUT2D eigenvalue weighted by Gasteiger charge is 2.57. The van der Waals surface area contributed by atoms with Crippen molar-refractivity contribution in [3.63, 3.8) is 0 Å². The van der Waals surface area contributed by atoms with Gasteiger partial charge in [0.05, 0.1) is 0 Å². The van der Waals surface area contributed by atoms with Crippen molar-refractivity contribution in [2.45, 2.75) is 31.7 Å². The Labute approximate surface area is 109 Å². The fraction of sp³-hybridized carbons (Fsp3) is 0.462. The second kappa shape index (κ2) is 3.45. The highest BCUT2D eigenvalue weighted by Crippen LogP contribution is 2.56. The van der Waals surface area contributed by atoms with Crippen molar-refractivity contribution in [2.24, 2.45) is 5.92 Å². The first-order valence-corrected chi connectivity index (χ1v) is 6.75. The summed E-state index contributed by atoms with van der Waals surface area (Å²) in [5.74, 6) is 1.01. The van der Waals surface area contributed by atoms with E-state index in [4.69, 9.17) is 0 Å². The molecule has 0 unspecified atom stereocenters. The van der Waals surface area contributed by atoms with Crippen LogP contribution in [0.2, 0.25) is 0 Å². The van der Waals surface area contributed by atoms with E-state index in [0.29, 0.717) is 0 Å². The Morgan fingerprint density at radius 1 is 1.44 bits per heavy atom. The summed E-state index contributed by atoms with van der Waals surface area (Å²) in [5, 5.41) is 3.20. The predicted octanol–water partition coefficient (Wildman–Crippen LogP) is 2.88. The van der Waals surface area contributed by atoms with Crippen LogP contribution >= 0.6 is 22.6 Å². The quantitative estimate of drug-likeness (QED) is 0.832. The fourth-order valence-corrected chi connectivity index (χ4v) is 3.27. The van der Waals surface area contributed by atoms with Crippen LogP contribution in [0.1, 0.15) is 35.2 Å². The number of nitrogens with one attached hydrogen (secondary N) is 1. The van der Waals surface area contributed by atoms with Gasteiger partial charge in [-0.2, -0.15) is 0 Å². The number of rotatable bonds is 2. The van der Waals surface area contributed by atoms with E-state index in [1.165, 1.54) is 19.3 Å². The topological polar surface area (TPSA) is 29.1 Å². The molecule has 0 radical (unpaired) electrons. The average Bonchev–Trinajstić information content (AvgIpc) is 2.13. The Kier molecular flexibility index (Phi) is 2.28. The summed E-state index contributed by atoms with van der Waals surface area (Å²) in [6.07, 6.45) is 3.59. The van der Waals surface area contributed by atoms with E-state index in [1.807, 2.05) is 25.1 Å². The second-order valence-electron chi connectivity index (χ2n) is 5.17. The summed E-state index contributed by atoms with van der Waals surface area (Å²) in [7, 11) is 0. The minimum absolute atomic E-state index is 0.106. The van der Waals surface area contributed by atoms with Crippen molar-refractivity contribution in [1.29, 1.82) is 0 Å². The highest BCUT2D eigenvalue weighted by molar-refractivity contribution is 14.1. The van der Waals surface area contributed by atoms with Crippen LogP contribution in [-0.2, 0) is 0 Å². The maximum Gasteiger partial charge on any atom is 0.252 e. The second-order valence-corrected chi connectivity index (χ2v) is 6.42. The van der Waals surface area contributed by atoms with Crippen LogP contribution in [0.4, 0.5) is 0 Å². The molecule has 3 heteroatoms. The maximum atomic E-state index is 12.1. The number of hydrogen-bond acceptors (Lipinski definition) is 1. The molecule has 1 N–H and O–H groups in total. The molecule has 0 atom stereocenters. The number of carbonyl (C=O) groups is 1. The molecule has 2 nitrogen and oxygen atoms in total. The van der Waals surface area contributed by atoms with Gasteiger partial charge in [-0.25, -0.2) is 0 Å². The number of halogens is 1. The molecule has 0 spiro atoms. The van der Waals surface area contributed by atoms with Crippen LogP contribution in [-0.4, -0.2) is 11.4 Å². The third-order valence-electron chi connectivity index (χ3n) is 3.86. The SMILES string of the molecule is Cc1ccc(I)cc1C(=O)NC12CC(C1)C2. The van der Waals surface area contributed by atoms with Gasteiger partial charge in [0.15, 0.2) is 0 Å². The maximum absolute atomic E-state index is 12.1. The molecule has 1 amide bonds. The number of amides is 1. The Morgan fingerprint density at radius 3 is 2.69 bits per heavy atom. The molecule has 16 heavy (non-hydrogen) atoms. The van der Waals surface area contributed by atoms with Crippen LogP contribution in [0.5, 0.6) is 0 Å². The third kappa shape index (κ3) is 1.56. The number of aryl methyl sites for hydroxylation is 1. The van der Waals surface area contributed by atoms with E-state index >= 15 is 0 Å². The summed E-state index contributed by atoms with van der Waals surface area (Å²) in [6.45, 7) is 1.99. The van der Waals surface area contributed by atoms with E-state index < -0.39 is 0 Å². The highest BCUT2D eigenvalue weighted by atomic mass is 127. The van der Waals surface area contributed by atoms with Crippen LogP contribution in [0.15, 0.2) is 18.2 Å². The first-order chi connectivity index (χ1) is 7.58. The van der Waals surface area contributed by atoms with Crippen molar-refractivity contribution >= 4 is 28.5 Å². The summed E-state index contributed by atoms with van der Waals surface area (Å²) >= 11 is 2.25. The zero-order valence-electron chi connectivity index (χ0n) is 9.22. The molecule has 0 heterocycles. The van der Waals surface area contributed by atoms with Gasteiger partial charge in [-0.3, -0.25) is 4.79 Å². The minimum atomic E-state index is 0.106. The molecule has 3 fully saturated rings. The van der Waals surface area contributed by atoms with Gasteiger partial charge in [-0.15, -0.1) is 0 Å². The van der Waals surface area contributed by atoms with Gasteiger partial charge in [0, 0.05) is 14.7 Å². The molecule has 3 aliphatic rings. The first kappa shape index (κ1) is 10.6. The van der Waals surface area contributed by atoms with Gasteiger partial charge in [-0.05, 0) is 72.4 Å². The monoisotopic (exact) mass is 327 g/mol. The number of benzene rings is 1. The van der Waals surface area contributed by atoms with E-state index in [-0.39, 0.29) is 11.4 Å². The average molecular weight is 327 g/mol. The van der Waals surface area contributed by atoms with Crippen LogP contribution in [0.3, 0.4) is 0 Å². The Hall–Kier alpha value is -0.580. The largest absolute Gasteiger partial charge is 0.347 e. The van der Waals surface area contributed by atoms with E-state index in [1.54, 1.807) is 0 Å². The van der Waals surface area contributed by atoms with E-state index in [0.717, 1.165) is 20.6 Å². The Bertz CT molecular complexity index is 452.